The summed E-state index contributed by atoms with van der Waals surface area (Å²) < 4.78 is 10.9. The zero-order valence-corrected chi connectivity index (χ0v) is 23.2. The summed E-state index contributed by atoms with van der Waals surface area (Å²) in [4.78, 5) is 38.9. The number of thioether (sulfide) groups is 1. The molecule has 7 nitrogen and oxygen atoms in total. The second-order valence-corrected chi connectivity index (χ2v) is 10.6. The smallest absolute Gasteiger partial charge is 0.408 e. The van der Waals surface area contributed by atoms with E-state index in [1.165, 1.54) is 11.8 Å². The third-order valence-electron chi connectivity index (χ3n) is 5.75. The number of nitrogens with one attached hydrogen (secondary N) is 2. The number of hydrogen-bond acceptors (Lipinski definition) is 6. The molecule has 0 aromatic heterocycles. The standard InChI is InChI=1S/C31H36N2O5S/c1-23(2)18-27(30(35)37-19-24-12-6-3-7-13-24)32-29(34)28(22-39-21-26-16-10-5-11-17-26)33-31(36)38-20-25-14-8-4-9-15-25/h3-17,23,27-28H,18-22H2,1-2H3,(H,32,34)(H,33,36). The molecule has 3 aromatic carbocycles. The highest BCUT2D eigenvalue weighted by atomic mass is 32.2. The maximum absolute atomic E-state index is 13.4. The average molecular weight is 549 g/mol. The number of hydrogen-bond donors (Lipinski definition) is 2. The molecule has 3 aromatic rings. The van der Waals surface area contributed by atoms with Gasteiger partial charge in [0.05, 0.1) is 0 Å². The van der Waals surface area contributed by atoms with Gasteiger partial charge >= 0.3 is 12.1 Å². The summed E-state index contributed by atoms with van der Waals surface area (Å²) in [5.74, 6) is 0.126. The second-order valence-electron chi connectivity index (χ2n) is 9.54. The van der Waals surface area contributed by atoms with E-state index in [9.17, 15) is 14.4 Å². The van der Waals surface area contributed by atoms with E-state index in [2.05, 4.69) is 10.6 Å². The van der Waals surface area contributed by atoms with Gasteiger partial charge in [0, 0.05) is 11.5 Å². The van der Waals surface area contributed by atoms with Crippen molar-refractivity contribution in [3.05, 3.63) is 108 Å². The topological polar surface area (TPSA) is 93.7 Å². The Labute approximate surface area is 234 Å². The third kappa shape index (κ3) is 11.2. The molecule has 0 aliphatic heterocycles. The Morgan fingerprint density at radius 1 is 0.692 bits per heavy atom. The molecule has 2 atom stereocenters. The number of esters is 1. The summed E-state index contributed by atoms with van der Waals surface area (Å²) in [5.41, 5.74) is 2.80. The van der Waals surface area contributed by atoms with Crippen LogP contribution in [0.15, 0.2) is 91.0 Å². The van der Waals surface area contributed by atoms with Crippen molar-refractivity contribution < 1.29 is 23.9 Å². The van der Waals surface area contributed by atoms with Crippen LogP contribution in [0.1, 0.15) is 37.0 Å². The minimum Gasteiger partial charge on any atom is -0.459 e. The fraction of sp³-hybridized carbons (Fsp3) is 0.323. The van der Waals surface area contributed by atoms with Gasteiger partial charge in [0.2, 0.25) is 5.91 Å². The molecule has 0 fully saturated rings. The van der Waals surface area contributed by atoms with E-state index in [0.717, 1.165) is 16.7 Å². The van der Waals surface area contributed by atoms with Gasteiger partial charge in [-0.15, -0.1) is 0 Å². The van der Waals surface area contributed by atoms with Crippen molar-refractivity contribution in [1.29, 1.82) is 0 Å². The summed E-state index contributed by atoms with van der Waals surface area (Å²) in [6.07, 6.45) is -0.298. The number of carbonyl (C=O) groups excluding carboxylic acids is 3. The SMILES string of the molecule is CC(C)CC(NC(=O)C(CSCc1ccccc1)NC(=O)OCc1ccccc1)C(=O)OCc1ccccc1. The van der Waals surface area contributed by atoms with Gasteiger partial charge in [-0.05, 0) is 29.0 Å². The molecule has 2 amide bonds. The van der Waals surface area contributed by atoms with Crippen molar-refractivity contribution in [2.75, 3.05) is 5.75 Å². The van der Waals surface area contributed by atoms with Crippen LogP contribution in [0.25, 0.3) is 0 Å². The Balaban J connectivity index is 1.63. The van der Waals surface area contributed by atoms with Gasteiger partial charge in [-0.2, -0.15) is 11.8 Å². The Morgan fingerprint density at radius 2 is 1.21 bits per heavy atom. The van der Waals surface area contributed by atoms with E-state index in [-0.39, 0.29) is 19.1 Å². The van der Waals surface area contributed by atoms with Crippen LogP contribution in [0.2, 0.25) is 0 Å². The zero-order valence-electron chi connectivity index (χ0n) is 22.4. The highest BCUT2D eigenvalue weighted by Gasteiger charge is 2.29. The number of carbonyl (C=O) groups is 3. The zero-order chi connectivity index (χ0) is 27.9. The van der Waals surface area contributed by atoms with E-state index in [1.54, 1.807) is 0 Å². The van der Waals surface area contributed by atoms with Gasteiger partial charge in [0.25, 0.3) is 0 Å². The lowest BCUT2D eigenvalue weighted by Gasteiger charge is -2.23. The Morgan fingerprint density at radius 3 is 1.74 bits per heavy atom. The average Bonchev–Trinajstić information content (AvgIpc) is 2.95. The van der Waals surface area contributed by atoms with Gasteiger partial charge in [0.15, 0.2) is 0 Å². The predicted octanol–water partition coefficient (Wildman–Crippen LogP) is 5.49. The van der Waals surface area contributed by atoms with Gasteiger partial charge in [-0.3, -0.25) is 4.79 Å². The van der Waals surface area contributed by atoms with Crippen molar-refractivity contribution in [1.82, 2.24) is 10.6 Å². The number of ether oxygens (including phenoxy) is 2. The molecule has 0 bridgehead atoms. The summed E-state index contributed by atoms with van der Waals surface area (Å²) in [6.45, 7) is 4.14. The molecule has 0 spiro atoms. The van der Waals surface area contributed by atoms with Crippen molar-refractivity contribution in [3.63, 3.8) is 0 Å². The monoisotopic (exact) mass is 548 g/mol. The fourth-order valence-electron chi connectivity index (χ4n) is 3.75. The second kappa shape index (κ2) is 16.2. The van der Waals surface area contributed by atoms with Crippen molar-refractivity contribution >= 4 is 29.7 Å². The Hall–Kier alpha value is -3.78. The van der Waals surface area contributed by atoms with Gasteiger partial charge in [0.1, 0.15) is 25.3 Å². The van der Waals surface area contributed by atoms with Crippen LogP contribution in [0.4, 0.5) is 4.79 Å². The van der Waals surface area contributed by atoms with E-state index < -0.39 is 30.1 Å². The molecule has 0 heterocycles. The maximum atomic E-state index is 13.4. The number of benzene rings is 3. The number of rotatable bonds is 14. The molecule has 39 heavy (non-hydrogen) atoms. The van der Waals surface area contributed by atoms with Crippen LogP contribution >= 0.6 is 11.8 Å². The molecule has 2 unspecified atom stereocenters. The lowest BCUT2D eigenvalue weighted by Crippen LogP contribution is -2.53. The van der Waals surface area contributed by atoms with E-state index in [1.807, 2.05) is 105 Å². The molecule has 8 heteroatoms. The van der Waals surface area contributed by atoms with Crippen molar-refractivity contribution in [3.8, 4) is 0 Å². The number of alkyl carbamates (subject to hydrolysis) is 1. The molecule has 3 rings (SSSR count). The van der Waals surface area contributed by atoms with Crippen LogP contribution in [0.3, 0.4) is 0 Å². The third-order valence-corrected chi connectivity index (χ3v) is 6.86. The Bertz CT molecular complexity index is 1160. The normalized spacial score (nSPS) is 12.3. The molecule has 0 saturated heterocycles. The van der Waals surface area contributed by atoms with Crippen LogP contribution < -0.4 is 10.6 Å². The van der Waals surface area contributed by atoms with E-state index >= 15 is 0 Å². The number of amides is 2. The van der Waals surface area contributed by atoms with E-state index in [0.29, 0.717) is 17.9 Å². The first-order chi connectivity index (χ1) is 18.9. The lowest BCUT2D eigenvalue weighted by atomic mass is 10.0. The molecule has 0 aliphatic carbocycles. The van der Waals surface area contributed by atoms with Gasteiger partial charge in [-0.25, -0.2) is 9.59 Å². The quantitative estimate of drug-likeness (QED) is 0.259. The maximum Gasteiger partial charge on any atom is 0.408 e. The molecule has 206 valence electrons. The molecule has 0 saturated carbocycles. The molecule has 0 radical (unpaired) electrons. The van der Waals surface area contributed by atoms with Crippen molar-refractivity contribution in [2.24, 2.45) is 5.92 Å². The Kier molecular flexibility index (Phi) is 12.4. The molecular weight excluding hydrogens is 512 g/mol. The summed E-state index contributed by atoms with van der Waals surface area (Å²) in [7, 11) is 0. The highest BCUT2D eigenvalue weighted by molar-refractivity contribution is 7.98. The molecule has 0 aliphatic rings. The van der Waals surface area contributed by atoms with Crippen LogP contribution in [0, 0.1) is 5.92 Å². The van der Waals surface area contributed by atoms with Crippen LogP contribution in [-0.2, 0) is 38.0 Å². The van der Waals surface area contributed by atoms with Crippen LogP contribution in [-0.4, -0.2) is 35.8 Å². The predicted molar refractivity (Wildman–Crippen MR) is 154 cm³/mol. The minimum absolute atomic E-state index is 0.0833. The van der Waals surface area contributed by atoms with Crippen molar-refractivity contribution in [2.45, 2.75) is 51.3 Å². The summed E-state index contributed by atoms with van der Waals surface area (Å²) >= 11 is 1.51. The first-order valence-electron chi connectivity index (χ1n) is 13.0. The fourth-order valence-corrected chi connectivity index (χ4v) is 4.76. The summed E-state index contributed by atoms with van der Waals surface area (Å²) in [6, 6.07) is 26.8. The minimum atomic E-state index is -0.904. The van der Waals surface area contributed by atoms with Crippen LogP contribution in [0.5, 0.6) is 0 Å². The highest BCUT2D eigenvalue weighted by Crippen LogP contribution is 2.15. The molecular formula is C31H36N2O5S. The summed E-state index contributed by atoms with van der Waals surface area (Å²) in [5, 5.41) is 5.50. The lowest BCUT2D eigenvalue weighted by molar-refractivity contribution is -0.149. The van der Waals surface area contributed by atoms with Gasteiger partial charge < -0.3 is 20.1 Å². The van der Waals surface area contributed by atoms with E-state index in [4.69, 9.17) is 9.47 Å². The molecule has 2 N–H and O–H groups in total. The first kappa shape index (κ1) is 29.8. The largest absolute Gasteiger partial charge is 0.459 e. The first-order valence-corrected chi connectivity index (χ1v) is 14.2. The van der Waals surface area contributed by atoms with Gasteiger partial charge in [-0.1, -0.05) is 105 Å².